The van der Waals surface area contributed by atoms with Crippen LogP contribution in [0.4, 0.5) is 0 Å². The van der Waals surface area contributed by atoms with E-state index in [4.69, 9.17) is 14.3 Å². The van der Waals surface area contributed by atoms with Crippen molar-refractivity contribution < 1.29 is 14.3 Å². The molecule has 0 fully saturated rings. The Bertz CT molecular complexity index is 770. The van der Waals surface area contributed by atoms with Crippen LogP contribution >= 0.6 is 11.8 Å². The molecule has 0 saturated carbocycles. The summed E-state index contributed by atoms with van der Waals surface area (Å²) in [4.78, 5) is 0. The molecule has 0 aliphatic rings. The van der Waals surface area contributed by atoms with Gasteiger partial charge in [0.05, 0.1) is 31.6 Å². The first-order chi connectivity index (χ1) is 11.8. The SMILES string of the molecule is Cc1occc1-c1nnc(SCCOCCO)n1-c1ccccc1. The maximum atomic E-state index is 8.74. The third kappa shape index (κ3) is 3.69. The largest absolute Gasteiger partial charge is 0.469 e. The maximum absolute atomic E-state index is 8.74. The predicted octanol–water partition coefficient (Wildman–Crippen LogP) is 2.94. The molecule has 0 atom stereocenters. The van der Waals surface area contributed by atoms with E-state index in [0.717, 1.165) is 33.7 Å². The van der Waals surface area contributed by atoms with Crippen LogP contribution in [0.1, 0.15) is 5.76 Å². The van der Waals surface area contributed by atoms with Crippen molar-refractivity contribution in [1.29, 1.82) is 0 Å². The van der Waals surface area contributed by atoms with Crippen molar-refractivity contribution in [3.05, 3.63) is 48.4 Å². The number of rotatable bonds is 8. The first-order valence-corrected chi connectivity index (χ1v) is 8.66. The molecule has 0 radical (unpaired) electrons. The maximum Gasteiger partial charge on any atom is 0.196 e. The third-order valence-corrected chi connectivity index (χ3v) is 4.34. The van der Waals surface area contributed by atoms with E-state index < -0.39 is 0 Å². The number of ether oxygens (including phenoxy) is 1. The topological polar surface area (TPSA) is 73.3 Å². The molecule has 7 heteroatoms. The van der Waals surface area contributed by atoms with E-state index in [1.807, 2.05) is 47.9 Å². The van der Waals surface area contributed by atoms with Gasteiger partial charge in [0.2, 0.25) is 0 Å². The Kier molecular flexibility index (Phi) is 5.68. The van der Waals surface area contributed by atoms with Gasteiger partial charge in [0.1, 0.15) is 5.76 Å². The van der Waals surface area contributed by atoms with Crippen LogP contribution in [0, 0.1) is 6.92 Å². The van der Waals surface area contributed by atoms with Crippen LogP contribution in [-0.2, 0) is 4.74 Å². The predicted molar refractivity (Wildman–Crippen MR) is 92.4 cm³/mol. The van der Waals surface area contributed by atoms with Crippen molar-refractivity contribution in [2.24, 2.45) is 0 Å². The Balaban J connectivity index is 1.89. The number of aromatic nitrogens is 3. The summed E-state index contributed by atoms with van der Waals surface area (Å²) in [6.45, 7) is 2.85. The van der Waals surface area contributed by atoms with E-state index in [-0.39, 0.29) is 6.61 Å². The fourth-order valence-corrected chi connectivity index (χ4v) is 3.13. The van der Waals surface area contributed by atoms with E-state index >= 15 is 0 Å². The third-order valence-electron chi connectivity index (χ3n) is 3.44. The van der Waals surface area contributed by atoms with Gasteiger partial charge < -0.3 is 14.3 Å². The number of aliphatic hydroxyl groups excluding tert-OH is 1. The lowest BCUT2D eigenvalue weighted by Crippen LogP contribution is -2.04. The summed E-state index contributed by atoms with van der Waals surface area (Å²) in [6.07, 6.45) is 1.66. The number of hydrogen-bond acceptors (Lipinski definition) is 6. The van der Waals surface area contributed by atoms with Gasteiger partial charge in [-0.05, 0) is 25.1 Å². The van der Waals surface area contributed by atoms with Gasteiger partial charge in [0.25, 0.3) is 0 Å². The molecule has 2 heterocycles. The van der Waals surface area contributed by atoms with Gasteiger partial charge in [-0.2, -0.15) is 0 Å². The Morgan fingerprint density at radius 3 is 2.71 bits per heavy atom. The minimum absolute atomic E-state index is 0.0365. The summed E-state index contributed by atoms with van der Waals surface area (Å²) >= 11 is 1.57. The molecule has 0 aliphatic heterocycles. The van der Waals surface area contributed by atoms with Gasteiger partial charge in [-0.25, -0.2) is 0 Å². The molecule has 0 aliphatic carbocycles. The first kappa shape index (κ1) is 16.8. The highest BCUT2D eigenvalue weighted by Gasteiger charge is 2.18. The molecule has 126 valence electrons. The summed E-state index contributed by atoms with van der Waals surface area (Å²) in [7, 11) is 0. The first-order valence-electron chi connectivity index (χ1n) is 7.68. The Labute approximate surface area is 144 Å². The van der Waals surface area contributed by atoms with E-state index in [0.29, 0.717) is 13.2 Å². The number of aliphatic hydroxyl groups is 1. The highest BCUT2D eigenvalue weighted by Crippen LogP contribution is 2.30. The number of aryl methyl sites for hydroxylation is 1. The number of nitrogens with zero attached hydrogens (tertiary/aromatic N) is 3. The van der Waals surface area contributed by atoms with Gasteiger partial charge in [0, 0.05) is 11.4 Å². The summed E-state index contributed by atoms with van der Waals surface area (Å²) < 4.78 is 12.7. The normalized spacial score (nSPS) is 11.1. The fourth-order valence-electron chi connectivity index (χ4n) is 2.32. The molecule has 2 aromatic heterocycles. The van der Waals surface area contributed by atoms with E-state index in [1.165, 1.54) is 0 Å². The number of hydrogen-bond donors (Lipinski definition) is 1. The molecule has 3 aromatic rings. The molecule has 1 aromatic carbocycles. The van der Waals surface area contributed by atoms with Crippen LogP contribution < -0.4 is 0 Å². The van der Waals surface area contributed by atoms with Crippen molar-refractivity contribution in [2.45, 2.75) is 12.1 Å². The van der Waals surface area contributed by atoms with Crippen LogP contribution in [0.3, 0.4) is 0 Å². The zero-order valence-corrected chi connectivity index (χ0v) is 14.2. The van der Waals surface area contributed by atoms with Crippen LogP contribution in [0.5, 0.6) is 0 Å². The summed E-state index contributed by atoms with van der Waals surface area (Å²) in [6, 6.07) is 11.9. The second-order valence-electron chi connectivity index (χ2n) is 5.05. The van der Waals surface area contributed by atoms with E-state index in [9.17, 15) is 0 Å². The standard InChI is InChI=1S/C17H19N3O3S/c1-13-15(7-9-23-13)16-18-19-17(24-12-11-22-10-8-21)20(16)14-5-3-2-4-6-14/h2-7,9,21H,8,10-12H2,1H3. The molecular formula is C17H19N3O3S. The fraction of sp³-hybridized carbons (Fsp3) is 0.294. The van der Waals surface area contributed by atoms with Crippen LogP contribution in [0.2, 0.25) is 0 Å². The van der Waals surface area contributed by atoms with Gasteiger partial charge in [-0.15, -0.1) is 10.2 Å². The number of benzene rings is 1. The monoisotopic (exact) mass is 345 g/mol. The lowest BCUT2D eigenvalue weighted by Gasteiger charge is -2.09. The molecule has 0 amide bonds. The van der Waals surface area contributed by atoms with E-state index in [1.54, 1.807) is 18.0 Å². The molecular weight excluding hydrogens is 326 g/mol. The average molecular weight is 345 g/mol. The van der Waals surface area contributed by atoms with Crippen LogP contribution in [0.15, 0.2) is 52.2 Å². The highest BCUT2D eigenvalue weighted by atomic mass is 32.2. The van der Waals surface area contributed by atoms with Crippen LogP contribution in [0.25, 0.3) is 17.1 Å². The molecule has 0 unspecified atom stereocenters. The minimum atomic E-state index is 0.0365. The quantitative estimate of drug-likeness (QED) is 0.500. The number of para-hydroxylation sites is 1. The zero-order valence-electron chi connectivity index (χ0n) is 13.4. The lowest BCUT2D eigenvalue weighted by atomic mass is 10.2. The Morgan fingerprint density at radius 1 is 1.17 bits per heavy atom. The van der Waals surface area contributed by atoms with Gasteiger partial charge in [-0.3, -0.25) is 4.57 Å². The number of furan rings is 1. The Morgan fingerprint density at radius 2 is 2.00 bits per heavy atom. The minimum Gasteiger partial charge on any atom is -0.469 e. The number of thioether (sulfide) groups is 1. The summed E-state index contributed by atoms with van der Waals surface area (Å²) in [5.41, 5.74) is 1.92. The molecule has 0 saturated heterocycles. The van der Waals surface area contributed by atoms with Crippen LogP contribution in [-0.4, -0.2) is 45.4 Å². The lowest BCUT2D eigenvalue weighted by molar-refractivity contribution is 0.103. The van der Waals surface area contributed by atoms with Crippen molar-refractivity contribution in [2.75, 3.05) is 25.6 Å². The smallest absolute Gasteiger partial charge is 0.196 e. The van der Waals surface area contributed by atoms with Crippen molar-refractivity contribution in [3.8, 4) is 17.1 Å². The van der Waals surface area contributed by atoms with Gasteiger partial charge in [-0.1, -0.05) is 30.0 Å². The van der Waals surface area contributed by atoms with E-state index in [2.05, 4.69) is 10.2 Å². The average Bonchev–Trinajstić information content (AvgIpc) is 3.21. The molecule has 6 nitrogen and oxygen atoms in total. The summed E-state index contributed by atoms with van der Waals surface area (Å²) in [5.74, 6) is 2.30. The molecule has 0 spiro atoms. The van der Waals surface area contributed by atoms with Gasteiger partial charge in [0.15, 0.2) is 11.0 Å². The highest BCUT2D eigenvalue weighted by molar-refractivity contribution is 7.99. The molecule has 1 N–H and O–H groups in total. The van der Waals surface area contributed by atoms with Crippen molar-refractivity contribution in [3.63, 3.8) is 0 Å². The molecule has 3 rings (SSSR count). The van der Waals surface area contributed by atoms with Crippen molar-refractivity contribution in [1.82, 2.24) is 14.8 Å². The second-order valence-corrected chi connectivity index (χ2v) is 6.11. The van der Waals surface area contributed by atoms with Gasteiger partial charge >= 0.3 is 0 Å². The summed E-state index contributed by atoms with van der Waals surface area (Å²) in [5, 5.41) is 18.2. The van der Waals surface area contributed by atoms with Crippen molar-refractivity contribution >= 4 is 11.8 Å². The molecule has 0 bridgehead atoms. The molecule has 24 heavy (non-hydrogen) atoms. The Hall–Kier alpha value is -2.09. The zero-order chi connectivity index (χ0) is 16.8. The second kappa shape index (κ2) is 8.14.